The summed E-state index contributed by atoms with van der Waals surface area (Å²) in [4.78, 5) is 25.2. The highest BCUT2D eigenvalue weighted by Gasteiger charge is 2.80. The molecule has 9 atom stereocenters. The molecule has 0 aromatic rings. The van der Waals surface area contributed by atoms with Gasteiger partial charge in [0.2, 0.25) is 0 Å². The lowest BCUT2D eigenvalue weighted by Gasteiger charge is -2.64. The second-order valence-corrected chi connectivity index (χ2v) is 11.4. The number of carbonyl (C=O) groups excluding carboxylic acids is 2. The van der Waals surface area contributed by atoms with Gasteiger partial charge in [0.25, 0.3) is 0 Å². The average Bonchev–Trinajstić information content (AvgIpc) is 3.11. The van der Waals surface area contributed by atoms with Crippen molar-refractivity contribution in [3.8, 4) is 0 Å². The fourth-order valence-electron chi connectivity index (χ4n) is 8.28. The number of hydrogen-bond donors (Lipinski definition) is 2. The molecule has 0 bridgehead atoms. The zero-order chi connectivity index (χ0) is 23.5. The van der Waals surface area contributed by atoms with Crippen LogP contribution in [0.15, 0.2) is 11.6 Å². The molecule has 0 aromatic heterocycles. The van der Waals surface area contributed by atoms with E-state index < -0.39 is 70.5 Å². The van der Waals surface area contributed by atoms with E-state index in [2.05, 4.69) is 0 Å². The first-order chi connectivity index (χ1) is 14.8. The van der Waals surface area contributed by atoms with Gasteiger partial charge in [0.05, 0.1) is 12.2 Å². The average molecular weight is 455 g/mol. The van der Waals surface area contributed by atoms with Crippen LogP contribution in [0.5, 0.6) is 0 Å². The Morgan fingerprint density at radius 1 is 1.22 bits per heavy atom. The van der Waals surface area contributed by atoms with Crippen molar-refractivity contribution in [2.75, 3.05) is 6.61 Å². The minimum atomic E-state index is -2.15. The van der Waals surface area contributed by atoms with Crippen LogP contribution in [0.2, 0.25) is 0 Å². The number of fused-ring (bicyclic) bond motifs is 7. The maximum Gasteiger partial charge on any atom is 0.193 e. The number of allylic oxidation sites excluding steroid dienone is 1. The number of ether oxygens (including phenoxy) is 2. The molecule has 0 unspecified atom stereocenters. The summed E-state index contributed by atoms with van der Waals surface area (Å²) in [6.45, 7) is 6.01. The predicted octanol–water partition coefficient (Wildman–Crippen LogP) is 2.59. The molecule has 0 amide bonds. The molecule has 5 aliphatic rings. The van der Waals surface area contributed by atoms with Gasteiger partial charge < -0.3 is 19.7 Å². The third kappa shape index (κ3) is 2.37. The van der Waals surface area contributed by atoms with Gasteiger partial charge in [-0.2, -0.15) is 0 Å². The molecule has 3 saturated carbocycles. The van der Waals surface area contributed by atoms with Crippen molar-refractivity contribution in [2.24, 2.45) is 22.7 Å². The number of halogens is 2. The van der Waals surface area contributed by atoms with Gasteiger partial charge in [0.1, 0.15) is 18.4 Å². The first-order valence-corrected chi connectivity index (χ1v) is 11.5. The third-order valence-electron chi connectivity index (χ3n) is 9.58. The minimum Gasteiger partial charge on any atom is -0.390 e. The number of carbonyl (C=O) groups is 2. The Morgan fingerprint density at radius 2 is 1.91 bits per heavy atom. The lowest BCUT2D eigenvalue weighted by atomic mass is 9.43. The number of aliphatic hydroxyl groups excluding tert-OH is 2. The first-order valence-electron chi connectivity index (χ1n) is 11.5. The number of ketones is 2. The minimum absolute atomic E-state index is 0.0832. The summed E-state index contributed by atoms with van der Waals surface area (Å²) in [6, 6.07) is 0. The van der Waals surface area contributed by atoms with Gasteiger partial charge in [-0.25, -0.2) is 8.78 Å². The van der Waals surface area contributed by atoms with Gasteiger partial charge in [0, 0.05) is 23.2 Å². The molecular formula is C24H32F2O6. The molecule has 0 radical (unpaired) electrons. The van der Waals surface area contributed by atoms with E-state index in [0.717, 1.165) is 0 Å². The summed E-state index contributed by atoms with van der Waals surface area (Å²) in [6.07, 6.45) is -2.23. The number of hydrogen-bond acceptors (Lipinski definition) is 6. The van der Waals surface area contributed by atoms with Crippen LogP contribution in [-0.2, 0) is 19.1 Å². The van der Waals surface area contributed by atoms with Crippen molar-refractivity contribution in [3.05, 3.63) is 11.6 Å². The Kier molecular flexibility index (Phi) is 4.56. The van der Waals surface area contributed by atoms with Gasteiger partial charge >= 0.3 is 0 Å². The molecular weight excluding hydrogens is 422 g/mol. The summed E-state index contributed by atoms with van der Waals surface area (Å²) < 4.78 is 44.9. The van der Waals surface area contributed by atoms with Crippen LogP contribution in [0.25, 0.3) is 0 Å². The summed E-state index contributed by atoms with van der Waals surface area (Å²) >= 11 is 0. The number of rotatable bonds is 2. The molecule has 8 heteroatoms. The smallest absolute Gasteiger partial charge is 0.193 e. The van der Waals surface area contributed by atoms with E-state index in [0.29, 0.717) is 0 Å². The molecule has 4 aliphatic carbocycles. The SMILES string of the molecule is CC1(C)O[C@@H]2C[C@H]3[C@H]4C[C@H](F)C5=CC(=O)CC[C@]5(C)[C@@]4(F)[C@@H](O)C[C@]3(C)[C@]2(C(=O)CO)O1. The van der Waals surface area contributed by atoms with Crippen LogP contribution in [-0.4, -0.2) is 63.8 Å². The van der Waals surface area contributed by atoms with Crippen LogP contribution in [0, 0.1) is 22.7 Å². The van der Waals surface area contributed by atoms with Gasteiger partial charge in [-0.05, 0) is 57.1 Å². The van der Waals surface area contributed by atoms with Crippen LogP contribution in [0.4, 0.5) is 8.78 Å². The number of alkyl halides is 2. The predicted molar refractivity (Wildman–Crippen MR) is 109 cm³/mol. The maximum atomic E-state index is 17.2. The Balaban J connectivity index is 1.65. The highest BCUT2D eigenvalue weighted by molar-refractivity contribution is 5.92. The van der Waals surface area contributed by atoms with Crippen LogP contribution in [0.1, 0.15) is 59.8 Å². The van der Waals surface area contributed by atoms with E-state index in [1.165, 1.54) is 6.08 Å². The second kappa shape index (κ2) is 6.46. The van der Waals surface area contributed by atoms with Gasteiger partial charge in [0.15, 0.2) is 23.0 Å². The summed E-state index contributed by atoms with van der Waals surface area (Å²) in [7, 11) is 0. The zero-order valence-corrected chi connectivity index (χ0v) is 19.0. The topological polar surface area (TPSA) is 93.1 Å². The highest BCUT2D eigenvalue weighted by atomic mass is 19.1. The maximum absolute atomic E-state index is 17.2. The molecule has 32 heavy (non-hydrogen) atoms. The lowest BCUT2D eigenvalue weighted by molar-refractivity contribution is -0.254. The fourth-order valence-corrected chi connectivity index (χ4v) is 8.28. The molecule has 2 N–H and O–H groups in total. The second-order valence-electron chi connectivity index (χ2n) is 11.4. The van der Waals surface area contributed by atoms with E-state index in [1.807, 2.05) is 0 Å². The van der Waals surface area contributed by atoms with Crippen molar-refractivity contribution in [1.82, 2.24) is 0 Å². The largest absolute Gasteiger partial charge is 0.390 e. The van der Waals surface area contributed by atoms with Crippen LogP contribution >= 0.6 is 0 Å². The Bertz CT molecular complexity index is 918. The molecule has 1 saturated heterocycles. The van der Waals surface area contributed by atoms with E-state index in [-0.39, 0.29) is 43.5 Å². The molecule has 1 heterocycles. The van der Waals surface area contributed by atoms with E-state index in [4.69, 9.17) is 9.47 Å². The van der Waals surface area contributed by atoms with E-state index in [1.54, 1.807) is 27.7 Å². The number of aliphatic hydroxyl groups is 2. The Labute approximate surface area is 186 Å². The van der Waals surface area contributed by atoms with E-state index in [9.17, 15) is 19.8 Å². The van der Waals surface area contributed by atoms with Crippen molar-refractivity contribution in [2.45, 2.75) is 95.2 Å². The monoisotopic (exact) mass is 454 g/mol. The van der Waals surface area contributed by atoms with Crippen molar-refractivity contribution in [3.63, 3.8) is 0 Å². The van der Waals surface area contributed by atoms with Gasteiger partial charge in [-0.1, -0.05) is 13.8 Å². The number of Topliss-reactive ketones (excluding diaryl/α,β-unsaturated/α-hetero) is 1. The normalized spacial score (nSPS) is 53.7. The fraction of sp³-hybridized carbons (Fsp3) is 0.833. The summed E-state index contributed by atoms with van der Waals surface area (Å²) in [5.74, 6) is -3.24. The molecule has 6 nitrogen and oxygen atoms in total. The first kappa shape index (κ1) is 22.6. The molecule has 0 aromatic carbocycles. The molecule has 1 aliphatic heterocycles. The Morgan fingerprint density at radius 3 is 2.56 bits per heavy atom. The zero-order valence-electron chi connectivity index (χ0n) is 19.0. The highest BCUT2D eigenvalue weighted by Crippen LogP contribution is 2.73. The summed E-state index contributed by atoms with van der Waals surface area (Å²) in [5.41, 5.74) is -5.90. The molecule has 178 valence electrons. The van der Waals surface area contributed by atoms with Crippen LogP contribution < -0.4 is 0 Å². The molecule has 4 fully saturated rings. The van der Waals surface area contributed by atoms with Crippen molar-refractivity contribution >= 4 is 11.6 Å². The van der Waals surface area contributed by atoms with E-state index >= 15 is 8.78 Å². The van der Waals surface area contributed by atoms with Gasteiger partial charge in [-0.3, -0.25) is 9.59 Å². The standard InChI is InChI=1S/C24H32F2O6/c1-20(2)31-19-9-13-14-8-16(25)15-7-12(28)5-6-21(15,3)23(14,26)17(29)10-22(13,4)24(19,32-20)18(30)11-27/h7,13-14,16-17,19,27,29H,5-6,8-11H2,1-4H3/t13-,14+,16-,17-,19+,21-,22-,23-,24+/m0/s1. The molecule has 0 spiro atoms. The quantitative estimate of drug-likeness (QED) is 0.666. The van der Waals surface area contributed by atoms with Crippen molar-refractivity contribution < 1.29 is 38.1 Å². The van der Waals surface area contributed by atoms with Crippen LogP contribution in [0.3, 0.4) is 0 Å². The Hall–Kier alpha value is -1.22. The van der Waals surface area contributed by atoms with Crippen molar-refractivity contribution in [1.29, 1.82) is 0 Å². The molecule has 5 rings (SSSR count). The third-order valence-corrected chi connectivity index (χ3v) is 9.58. The summed E-state index contributed by atoms with van der Waals surface area (Å²) in [5, 5.41) is 21.2. The lowest BCUT2D eigenvalue weighted by Crippen LogP contribution is -2.71. The van der Waals surface area contributed by atoms with Gasteiger partial charge in [-0.15, -0.1) is 0 Å².